The number of carbonyl (C=O) groups is 2. The van der Waals surface area contributed by atoms with Gasteiger partial charge in [-0.25, -0.2) is 9.48 Å². The predicted molar refractivity (Wildman–Crippen MR) is 119 cm³/mol. The molecule has 2 amide bonds. The van der Waals surface area contributed by atoms with Crippen molar-refractivity contribution in [2.75, 3.05) is 12.4 Å². The molecule has 0 fully saturated rings. The summed E-state index contributed by atoms with van der Waals surface area (Å²) in [7, 11) is 3.17. The summed E-state index contributed by atoms with van der Waals surface area (Å²) < 4.78 is 6.52. The summed E-state index contributed by atoms with van der Waals surface area (Å²) in [5.74, 6) is -0.426. The fraction of sp³-hybridized carbons (Fsp3) is 0.304. The minimum absolute atomic E-state index is 0.161. The first-order valence-corrected chi connectivity index (χ1v) is 9.85. The van der Waals surface area contributed by atoms with Gasteiger partial charge in [-0.3, -0.25) is 9.59 Å². The zero-order valence-corrected chi connectivity index (χ0v) is 18.3. The molecule has 8 heteroatoms. The van der Waals surface area contributed by atoms with E-state index in [2.05, 4.69) is 10.4 Å². The quantitative estimate of drug-likeness (QED) is 0.694. The van der Waals surface area contributed by atoms with Crippen molar-refractivity contribution in [2.45, 2.75) is 32.9 Å². The number of hydrogen-bond acceptors (Lipinski definition) is 5. The van der Waals surface area contributed by atoms with Crippen LogP contribution in [0.4, 0.5) is 10.5 Å². The van der Waals surface area contributed by atoms with Gasteiger partial charge in [0.2, 0.25) is 0 Å². The van der Waals surface area contributed by atoms with E-state index in [1.54, 1.807) is 49.5 Å². The number of rotatable bonds is 4. The van der Waals surface area contributed by atoms with Crippen molar-refractivity contribution in [1.82, 2.24) is 14.7 Å². The molecule has 0 radical (unpaired) electrons. The lowest BCUT2D eigenvalue weighted by Gasteiger charge is -2.24. The number of hydrogen-bond donors (Lipinski definition) is 1. The molecule has 0 bridgehead atoms. The molecular formula is C23H26N4O4. The predicted octanol–water partition coefficient (Wildman–Crippen LogP) is 3.55. The Labute approximate surface area is 180 Å². The molecule has 1 heterocycles. The number of aryl methyl sites for hydroxylation is 1. The molecule has 3 rings (SSSR count). The molecule has 3 aromatic rings. The van der Waals surface area contributed by atoms with Crippen LogP contribution in [0.15, 0.2) is 53.3 Å². The largest absolute Gasteiger partial charge is 0.444 e. The fourth-order valence-corrected chi connectivity index (χ4v) is 3.08. The highest BCUT2D eigenvalue weighted by molar-refractivity contribution is 6.11. The number of carbonyl (C=O) groups excluding carboxylic acids is 2. The zero-order chi connectivity index (χ0) is 22.8. The van der Waals surface area contributed by atoms with Crippen LogP contribution in [0.5, 0.6) is 0 Å². The van der Waals surface area contributed by atoms with Crippen molar-refractivity contribution in [3.05, 3.63) is 70.1 Å². The Hall–Kier alpha value is -3.68. The Morgan fingerprint density at radius 3 is 2.45 bits per heavy atom. The average Bonchev–Trinajstić information content (AvgIpc) is 2.69. The van der Waals surface area contributed by atoms with E-state index in [1.165, 1.54) is 11.9 Å². The van der Waals surface area contributed by atoms with E-state index in [1.807, 2.05) is 26.8 Å². The summed E-state index contributed by atoms with van der Waals surface area (Å²) in [6.45, 7) is 5.75. The van der Waals surface area contributed by atoms with Crippen molar-refractivity contribution in [3.8, 4) is 0 Å². The molecule has 1 aromatic heterocycles. The van der Waals surface area contributed by atoms with Crippen LogP contribution < -0.4 is 10.9 Å². The lowest BCUT2D eigenvalue weighted by molar-refractivity contribution is 0.0285. The molecule has 0 atom stereocenters. The number of nitrogens with zero attached hydrogens (tertiary/aromatic N) is 3. The number of nitrogens with one attached hydrogen (secondary N) is 1. The third-order valence-electron chi connectivity index (χ3n) is 4.48. The smallest absolute Gasteiger partial charge is 0.410 e. The van der Waals surface area contributed by atoms with Crippen LogP contribution in [-0.4, -0.2) is 39.3 Å². The van der Waals surface area contributed by atoms with Crippen LogP contribution in [0.3, 0.4) is 0 Å². The maximum atomic E-state index is 12.9. The SMILES string of the molecule is CN(Cc1cccc(NC(=O)c2nn(C)c(=O)c3ccccc23)c1)C(=O)OC(C)(C)C. The first-order valence-electron chi connectivity index (χ1n) is 9.85. The highest BCUT2D eigenvalue weighted by Crippen LogP contribution is 2.18. The van der Waals surface area contributed by atoms with Gasteiger partial charge in [0.25, 0.3) is 11.5 Å². The number of fused-ring (bicyclic) bond motifs is 1. The van der Waals surface area contributed by atoms with Crippen molar-refractivity contribution in [2.24, 2.45) is 7.05 Å². The minimum Gasteiger partial charge on any atom is -0.444 e. The van der Waals surface area contributed by atoms with E-state index in [0.717, 1.165) is 10.2 Å². The number of aromatic nitrogens is 2. The van der Waals surface area contributed by atoms with Gasteiger partial charge in [0.15, 0.2) is 5.69 Å². The summed E-state index contributed by atoms with van der Waals surface area (Å²) in [5, 5.41) is 7.89. The first kappa shape index (κ1) is 22.0. The number of ether oxygens (including phenoxy) is 1. The van der Waals surface area contributed by atoms with Crippen LogP contribution >= 0.6 is 0 Å². The molecule has 0 saturated carbocycles. The van der Waals surface area contributed by atoms with Crippen LogP contribution in [0, 0.1) is 0 Å². The third kappa shape index (κ3) is 5.28. The summed E-state index contributed by atoms with van der Waals surface area (Å²) in [4.78, 5) is 38.9. The summed E-state index contributed by atoms with van der Waals surface area (Å²) in [5.41, 5.74) is 0.699. The van der Waals surface area contributed by atoms with Crippen LogP contribution in [0.25, 0.3) is 10.8 Å². The Balaban J connectivity index is 1.80. The van der Waals surface area contributed by atoms with Gasteiger partial charge in [-0.15, -0.1) is 0 Å². The molecule has 31 heavy (non-hydrogen) atoms. The van der Waals surface area contributed by atoms with Crippen molar-refractivity contribution < 1.29 is 14.3 Å². The van der Waals surface area contributed by atoms with E-state index in [9.17, 15) is 14.4 Å². The van der Waals surface area contributed by atoms with Crippen molar-refractivity contribution in [3.63, 3.8) is 0 Å². The average molecular weight is 422 g/mol. The van der Waals surface area contributed by atoms with Crippen LogP contribution in [-0.2, 0) is 18.3 Å². The Morgan fingerprint density at radius 1 is 1.10 bits per heavy atom. The number of anilines is 1. The van der Waals surface area contributed by atoms with Crippen LogP contribution in [0.1, 0.15) is 36.8 Å². The van der Waals surface area contributed by atoms with E-state index in [0.29, 0.717) is 23.0 Å². The van der Waals surface area contributed by atoms with Gasteiger partial charge in [0, 0.05) is 31.7 Å². The van der Waals surface area contributed by atoms with Gasteiger partial charge in [0.1, 0.15) is 5.60 Å². The maximum absolute atomic E-state index is 12.9. The fourth-order valence-electron chi connectivity index (χ4n) is 3.08. The van der Waals surface area contributed by atoms with Crippen molar-refractivity contribution >= 4 is 28.5 Å². The second-order valence-electron chi connectivity index (χ2n) is 8.31. The van der Waals surface area contributed by atoms with Gasteiger partial charge in [-0.05, 0) is 44.5 Å². The lowest BCUT2D eigenvalue weighted by atomic mass is 10.1. The number of amides is 2. The molecule has 1 N–H and O–H groups in total. The summed E-state index contributed by atoms with van der Waals surface area (Å²) in [6, 6.07) is 14.1. The summed E-state index contributed by atoms with van der Waals surface area (Å²) >= 11 is 0. The third-order valence-corrected chi connectivity index (χ3v) is 4.48. The Bertz CT molecular complexity index is 1190. The molecule has 2 aromatic carbocycles. The standard InChI is InChI=1S/C23H26N4O4/c1-23(2,3)31-22(30)26(4)14-15-9-8-10-16(13-15)24-20(28)19-17-11-6-7-12-18(17)21(29)27(5)25-19/h6-13H,14H2,1-5H3,(H,24,28). The van der Waals surface area contributed by atoms with Gasteiger partial charge in [0.05, 0.1) is 5.39 Å². The van der Waals surface area contributed by atoms with Gasteiger partial charge in [-0.2, -0.15) is 5.10 Å². The van der Waals surface area contributed by atoms with Crippen LogP contribution in [0.2, 0.25) is 0 Å². The second-order valence-corrected chi connectivity index (χ2v) is 8.31. The Morgan fingerprint density at radius 2 is 1.77 bits per heavy atom. The van der Waals surface area contributed by atoms with Crippen molar-refractivity contribution in [1.29, 1.82) is 0 Å². The van der Waals surface area contributed by atoms with E-state index in [4.69, 9.17) is 4.74 Å². The molecule has 8 nitrogen and oxygen atoms in total. The van der Waals surface area contributed by atoms with E-state index >= 15 is 0 Å². The molecule has 0 spiro atoms. The first-order chi connectivity index (χ1) is 14.5. The van der Waals surface area contributed by atoms with Gasteiger partial charge < -0.3 is 15.0 Å². The molecule has 162 valence electrons. The highest BCUT2D eigenvalue weighted by atomic mass is 16.6. The highest BCUT2D eigenvalue weighted by Gasteiger charge is 2.20. The van der Waals surface area contributed by atoms with E-state index < -0.39 is 17.6 Å². The second kappa shape index (κ2) is 8.59. The van der Waals surface area contributed by atoms with Gasteiger partial charge >= 0.3 is 6.09 Å². The molecule has 0 aliphatic heterocycles. The maximum Gasteiger partial charge on any atom is 0.410 e. The Kier molecular flexibility index (Phi) is 6.10. The molecule has 0 unspecified atom stereocenters. The molecule has 0 aliphatic rings. The van der Waals surface area contributed by atoms with Gasteiger partial charge in [-0.1, -0.05) is 30.3 Å². The van der Waals surface area contributed by atoms with E-state index in [-0.39, 0.29) is 11.3 Å². The molecular weight excluding hydrogens is 396 g/mol. The summed E-state index contributed by atoms with van der Waals surface area (Å²) in [6.07, 6.45) is -0.428. The zero-order valence-electron chi connectivity index (χ0n) is 18.3. The number of benzene rings is 2. The molecule has 0 saturated heterocycles. The normalized spacial score (nSPS) is 11.3. The topological polar surface area (TPSA) is 93.5 Å². The molecule has 0 aliphatic carbocycles. The minimum atomic E-state index is -0.577. The monoisotopic (exact) mass is 422 g/mol. The lowest BCUT2D eigenvalue weighted by Crippen LogP contribution is -2.33.